The lowest BCUT2D eigenvalue weighted by molar-refractivity contribution is -0.143. The van der Waals surface area contributed by atoms with E-state index in [0.29, 0.717) is 0 Å². The molecule has 0 aliphatic carbocycles. The van der Waals surface area contributed by atoms with Gasteiger partial charge in [-0.1, -0.05) is 13.8 Å². The number of nitrogens with two attached hydrogens (primary N) is 1. The maximum atomic E-state index is 13.6. The van der Waals surface area contributed by atoms with Gasteiger partial charge in [0, 0.05) is 11.3 Å². The largest absolute Gasteiger partial charge is 0.468 e. The van der Waals surface area contributed by atoms with Gasteiger partial charge in [-0.3, -0.25) is 4.79 Å². The second kappa shape index (κ2) is 6.40. The van der Waals surface area contributed by atoms with E-state index in [-0.39, 0.29) is 22.1 Å². The highest BCUT2D eigenvalue weighted by atomic mass is 32.2. The number of nitrogens with one attached hydrogen (secondary N) is 1. The van der Waals surface area contributed by atoms with Gasteiger partial charge >= 0.3 is 5.97 Å². The Morgan fingerprint density at radius 1 is 1.38 bits per heavy atom. The highest BCUT2D eigenvalue weighted by molar-refractivity contribution is 7.89. The van der Waals surface area contributed by atoms with E-state index in [2.05, 4.69) is 9.46 Å². The third-order valence-corrected chi connectivity index (χ3v) is 4.49. The molecule has 0 radical (unpaired) electrons. The molecular formula is C13H19FN2O4S. The Bertz CT molecular complexity index is 621. The molecule has 0 spiro atoms. The van der Waals surface area contributed by atoms with Gasteiger partial charge in [-0.25, -0.2) is 12.8 Å². The Morgan fingerprint density at radius 2 is 1.95 bits per heavy atom. The molecule has 1 unspecified atom stereocenters. The molecule has 1 aromatic rings. The maximum absolute atomic E-state index is 13.6. The van der Waals surface area contributed by atoms with E-state index < -0.39 is 27.9 Å². The number of anilines is 1. The number of benzene rings is 1. The standard InChI is InChI=1S/C13H19FN2O4S/c1-7(2)12(13(17)20-4)16-21(18,19)9-5-10(14)8(3)11(15)6-9/h5-7,12,16H,15H2,1-4H3. The van der Waals surface area contributed by atoms with Gasteiger partial charge in [0.1, 0.15) is 11.9 Å². The van der Waals surface area contributed by atoms with Crippen molar-refractivity contribution in [1.82, 2.24) is 4.72 Å². The van der Waals surface area contributed by atoms with Gasteiger partial charge < -0.3 is 10.5 Å². The quantitative estimate of drug-likeness (QED) is 0.628. The highest BCUT2D eigenvalue weighted by Gasteiger charge is 2.29. The van der Waals surface area contributed by atoms with E-state index in [4.69, 9.17) is 5.73 Å². The third kappa shape index (κ3) is 3.92. The summed E-state index contributed by atoms with van der Waals surface area (Å²) < 4.78 is 44.9. The molecule has 1 rings (SSSR count). The normalized spacial score (nSPS) is 13.2. The molecule has 0 aromatic heterocycles. The van der Waals surface area contributed by atoms with Crippen molar-refractivity contribution in [2.24, 2.45) is 5.92 Å². The number of hydrogen-bond donors (Lipinski definition) is 2. The SMILES string of the molecule is COC(=O)C(NS(=O)(=O)c1cc(N)c(C)c(F)c1)C(C)C. The number of methoxy groups -OCH3 is 1. The highest BCUT2D eigenvalue weighted by Crippen LogP contribution is 2.21. The first-order valence-electron chi connectivity index (χ1n) is 6.26. The number of carbonyl (C=O) groups excluding carboxylic acids is 1. The third-order valence-electron chi connectivity index (χ3n) is 3.07. The molecular weight excluding hydrogens is 299 g/mol. The fourth-order valence-electron chi connectivity index (χ4n) is 1.65. The van der Waals surface area contributed by atoms with Crippen molar-refractivity contribution in [2.45, 2.75) is 31.7 Å². The van der Waals surface area contributed by atoms with Gasteiger partial charge in [-0.05, 0) is 25.0 Å². The molecule has 0 saturated heterocycles. The predicted octanol–water partition coefficient (Wildman–Crippen LogP) is 1.19. The fourth-order valence-corrected chi connectivity index (χ4v) is 3.03. The molecule has 0 amide bonds. The summed E-state index contributed by atoms with van der Waals surface area (Å²) in [5, 5.41) is 0. The van der Waals surface area contributed by atoms with E-state index in [1.807, 2.05) is 0 Å². The number of esters is 1. The van der Waals surface area contributed by atoms with Crippen molar-refractivity contribution in [2.75, 3.05) is 12.8 Å². The molecule has 21 heavy (non-hydrogen) atoms. The van der Waals surface area contributed by atoms with Gasteiger partial charge in [-0.2, -0.15) is 4.72 Å². The summed E-state index contributed by atoms with van der Waals surface area (Å²) in [5.41, 5.74) is 5.76. The van der Waals surface area contributed by atoms with Crippen LogP contribution in [0.15, 0.2) is 17.0 Å². The van der Waals surface area contributed by atoms with Crippen molar-refractivity contribution in [3.63, 3.8) is 0 Å². The molecule has 6 nitrogen and oxygen atoms in total. The monoisotopic (exact) mass is 318 g/mol. The van der Waals surface area contributed by atoms with Crippen LogP contribution >= 0.6 is 0 Å². The van der Waals surface area contributed by atoms with E-state index in [0.717, 1.165) is 19.2 Å². The zero-order valence-corrected chi connectivity index (χ0v) is 13.1. The molecule has 8 heteroatoms. The molecule has 1 atom stereocenters. The summed E-state index contributed by atoms with van der Waals surface area (Å²) in [6.07, 6.45) is 0. The lowest BCUT2D eigenvalue weighted by Gasteiger charge is -2.20. The fraction of sp³-hybridized carbons (Fsp3) is 0.462. The van der Waals surface area contributed by atoms with Crippen LogP contribution in [-0.2, 0) is 19.6 Å². The summed E-state index contributed by atoms with van der Waals surface area (Å²) in [7, 11) is -2.93. The number of rotatable bonds is 5. The van der Waals surface area contributed by atoms with Gasteiger partial charge in [0.2, 0.25) is 10.0 Å². The number of hydrogen-bond acceptors (Lipinski definition) is 5. The lowest BCUT2D eigenvalue weighted by Crippen LogP contribution is -2.44. The molecule has 0 aliphatic heterocycles. The summed E-state index contributed by atoms with van der Waals surface area (Å²) in [6, 6.07) is 0.948. The summed E-state index contributed by atoms with van der Waals surface area (Å²) in [6.45, 7) is 4.77. The number of sulfonamides is 1. The van der Waals surface area contributed by atoms with Gasteiger partial charge in [0.15, 0.2) is 0 Å². The van der Waals surface area contributed by atoms with Crippen molar-refractivity contribution >= 4 is 21.7 Å². The van der Waals surface area contributed by atoms with Crippen molar-refractivity contribution in [1.29, 1.82) is 0 Å². The van der Waals surface area contributed by atoms with Crippen LogP contribution in [0.4, 0.5) is 10.1 Å². The van der Waals surface area contributed by atoms with E-state index >= 15 is 0 Å². The van der Waals surface area contributed by atoms with Crippen molar-refractivity contribution in [3.05, 3.63) is 23.5 Å². The average molecular weight is 318 g/mol. The molecule has 0 aliphatic rings. The number of ether oxygens (including phenoxy) is 1. The predicted molar refractivity (Wildman–Crippen MR) is 76.5 cm³/mol. The Balaban J connectivity index is 3.19. The van der Waals surface area contributed by atoms with Gasteiger partial charge in [0.05, 0.1) is 12.0 Å². The second-order valence-corrected chi connectivity index (χ2v) is 6.70. The minimum atomic E-state index is -4.09. The van der Waals surface area contributed by atoms with Crippen LogP contribution in [0.2, 0.25) is 0 Å². The van der Waals surface area contributed by atoms with E-state index in [1.54, 1.807) is 13.8 Å². The Hall–Kier alpha value is -1.67. The topological polar surface area (TPSA) is 98.5 Å². The van der Waals surface area contributed by atoms with Crippen LogP contribution in [0, 0.1) is 18.7 Å². The molecule has 3 N–H and O–H groups in total. The Morgan fingerprint density at radius 3 is 2.38 bits per heavy atom. The Kier molecular flexibility index (Phi) is 5.30. The molecule has 118 valence electrons. The molecule has 0 saturated carbocycles. The van der Waals surface area contributed by atoms with Crippen molar-refractivity contribution in [3.8, 4) is 0 Å². The zero-order valence-electron chi connectivity index (χ0n) is 12.3. The Labute approximate surface area is 123 Å². The van der Waals surface area contributed by atoms with Crippen molar-refractivity contribution < 1.29 is 22.3 Å². The number of nitrogen functional groups attached to an aromatic ring is 1. The summed E-state index contributed by atoms with van der Waals surface area (Å²) in [5.74, 6) is -1.77. The van der Waals surface area contributed by atoms with E-state index in [9.17, 15) is 17.6 Å². The molecule has 0 fully saturated rings. The first kappa shape index (κ1) is 17.4. The van der Waals surface area contributed by atoms with Crippen LogP contribution in [-0.4, -0.2) is 27.5 Å². The zero-order chi connectivity index (χ0) is 16.4. The lowest BCUT2D eigenvalue weighted by atomic mass is 10.1. The first-order chi connectivity index (χ1) is 9.60. The van der Waals surface area contributed by atoms with E-state index in [1.165, 1.54) is 6.92 Å². The summed E-state index contributed by atoms with van der Waals surface area (Å²) >= 11 is 0. The van der Waals surface area contributed by atoms with Crippen LogP contribution in [0.5, 0.6) is 0 Å². The smallest absolute Gasteiger partial charge is 0.324 e. The molecule has 0 bridgehead atoms. The average Bonchev–Trinajstić information content (AvgIpc) is 2.40. The second-order valence-electron chi connectivity index (χ2n) is 4.99. The molecule has 0 heterocycles. The summed E-state index contributed by atoms with van der Waals surface area (Å²) in [4.78, 5) is 11.3. The van der Waals surface area contributed by atoms with Crippen LogP contribution in [0.25, 0.3) is 0 Å². The minimum absolute atomic E-state index is 0.0227. The van der Waals surface area contributed by atoms with Crippen LogP contribution in [0.1, 0.15) is 19.4 Å². The van der Waals surface area contributed by atoms with Crippen LogP contribution < -0.4 is 10.5 Å². The first-order valence-corrected chi connectivity index (χ1v) is 7.74. The number of carbonyl (C=O) groups is 1. The maximum Gasteiger partial charge on any atom is 0.324 e. The van der Waals surface area contributed by atoms with Crippen LogP contribution in [0.3, 0.4) is 0 Å². The number of halogens is 1. The van der Waals surface area contributed by atoms with Gasteiger partial charge in [0.25, 0.3) is 0 Å². The van der Waals surface area contributed by atoms with Gasteiger partial charge in [-0.15, -0.1) is 0 Å². The minimum Gasteiger partial charge on any atom is -0.468 e. The molecule has 1 aromatic carbocycles.